The molecule has 6 heteroatoms. The maximum Gasteiger partial charge on any atom is 0.329 e. The Morgan fingerprint density at radius 2 is 2.29 bits per heavy atom. The highest BCUT2D eigenvalue weighted by molar-refractivity contribution is 7.99. The summed E-state index contributed by atoms with van der Waals surface area (Å²) in [6.45, 7) is 2.34. The molecule has 0 aromatic carbocycles. The second-order valence-electron chi connectivity index (χ2n) is 2.92. The number of aromatic nitrogens is 2. The van der Waals surface area contributed by atoms with E-state index in [4.69, 9.17) is 11.6 Å². The molecule has 0 amide bonds. The molecule has 0 fully saturated rings. The Hall–Kier alpha value is -0.680. The molecule has 1 atom stereocenters. The zero-order chi connectivity index (χ0) is 10.7. The highest BCUT2D eigenvalue weighted by atomic mass is 35.5. The van der Waals surface area contributed by atoms with Gasteiger partial charge in [-0.15, -0.1) is 0 Å². The molecule has 0 aliphatic carbocycles. The second-order valence-corrected chi connectivity index (χ2v) is 4.60. The molecule has 1 unspecified atom stereocenters. The first-order chi connectivity index (χ1) is 6.54. The first kappa shape index (κ1) is 11.4. The molecule has 0 radical (unpaired) electrons. The summed E-state index contributed by atoms with van der Waals surface area (Å²) < 4.78 is 1.15. The molecule has 1 N–H and O–H groups in total. The van der Waals surface area contributed by atoms with Crippen LogP contribution in [0.4, 0.5) is 0 Å². The number of hydrogen-bond donors (Lipinski definition) is 1. The van der Waals surface area contributed by atoms with Gasteiger partial charge in [-0.2, -0.15) is 11.8 Å². The van der Waals surface area contributed by atoms with E-state index in [-0.39, 0.29) is 16.0 Å². The van der Waals surface area contributed by atoms with Gasteiger partial charge in [0.1, 0.15) is 5.15 Å². The lowest BCUT2D eigenvalue weighted by molar-refractivity contribution is 0.625. The lowest BCUT2D eigenvalue weighted by atomic mass is 10.4. The van der Waals surface area contributed by atoms with Crippen LogP contribution in [0.3, 0.4) is 0 Å². The van der Waals surface area contributed by atoms with E-state index in [1.165, 1.54) is 6.07 Å². The van der Waals surface area contributed by atoms with Gasteiger partial charge in [0.05, 0.1) is 0 Å². The van der Waals surface area contributed by atoms with Gasteiger partial charge in [0.2, 0.25) is 0 Å². The van der Waals surface area contributed by atoms with Gasteiger partial charge in [0.15, 0.2) is 0 Å². The average molecular weight is 235 g/mol. The SMILES string of the molecule is CSC(C)Cn1c(=O)cc(Cl)[nH]c1=O. The van der Waals surface area contributed by atoms with Crippen LogP contribution in [-0.4, -0.2) is 21.1 Å². The van der Waals surface area contributed by atoms with Crippen LogP contribution in [0.15, 0.2) is 15.7 Å². The first-order valence-corrected chi connectivity index (χ1v) is 5.73. The van der Waals surface area contributed by atoms with E-state index in [9.17, 15) is 9.59 Å². The minimum Gasteiger partial charge on any atom is -0.298 e. The highest BCUT2D eigenvalue weighted by Crippen LogP contribution is 2.05. The summed E-state index contributed by atoms with van der Waals surface area (Å²) in [5, 5.41) is 0.294. The Kier molecular flexibility index (Phi) is 3.83. The van der Waals surface area contributed by atoms with E-state index < -0.39 is 5.69 Å². The fourth-order valence-electron chi connectivity index (χ4n) is 0.997. The first-order valence-electron chi connectivity index (χ1n) is 4.07. The Bertz CT molecular complexity index is 395. The summed E-state index contributed by atoms with van der Waals surface area (Å²) in [5.74, 6) is 0. The Labute approximate surface area is 90.3 Å². The Morgan fingerprint density at radius 1 is 1.64 bits per heavy atom. The summed E-state index contributed by atoms with van der Waals surface area (Å²) in [7, 11) is 0. The predicted octanol–water partition coefficient (Wildman–Crippen LogP) is 0.942. The van der Waals surface area contributed by atoms with Crippen LogP contribution in [0.2, 0.25) is 5.15 Å². The molecule has 0 aliphatic heterocycles. The van der Waals surface area contributed by atoms with Gasteiger partial charge in [-0.25, -0.2) is 4.79 Å². The van der Waals surface area contributed by atoms with E-state index >= 15 is 0 Å². The molecule has 1 rings (SSSR count). The molecular formula is C8H11ClN2O2S. The molecule has 0 saturated carbocycles. The number of hydrogen-bond acceptors (Lipinski definition) is 3. The molecule has 4 nitrogen and oxygen atoms in total. The quantitative estimate of drug-likeness (QED) is 0.792. The Morgan fingerprint density at radius 3 is 2.79 bits per heavy atom. The molecule has 0 bridgehead atoms. The van der Waals surface area contributed by atoms with Crippen LogP contribution < -0.4 is 11.2 Å². The third-order valence-corrected chi connectivity index (χ3v) is 2.99. The summed E-state index contributed by atoms with van der Waals surface area (Å²) in [4.78, 5) is 25.1. The number of nitrogens with zero attached hydrogens (tertiary/aromatic N) is 1. The molecule has 1 aromatic rings. The normalized spacial score (nSPS) is 12.8. The standard InChI is InChI=1S/C8H11ClN2O2S/c1-5(14-2)4-11-7(12)3-6(9)10-8(11)13/h3,5H,4H2,1-2H3,(H,10,13). The Balaban J connectivity index is 3.10. The van der Waals surface area contributed by atoms with Gasteiger partial charge < -0.3 is 0 Å². The molecule has 0 saturated heterocycles. The van der Waals surface area contributed by atoms with Gasteiger partial charge in [0.25, 0.3) is 5.56 Å². The van der Waals surface area contributed by atoms with Crippen molar-refractivity contribution >= 4 is 23.4 Å². The fourth-order valence-corrected chi connectivity index (χ4v) is 1.47. The van der Waals surface area contributed by atoms with Crippen LogP contribution in [0.25, 0.3) is 0 Å². The van der Waals surface area contributed by atoms with Gasteiger partial charge in [-0.05, 0) is 6.26 Å². The van der Waals surface area contributed by atoms with Crippen molar-refractivity contribution in [1.29, 1.82) is 0 Å². The number of thioether (sulfide) groups is 1. The minimum atomic E-state index is -0.455. The maximum atomic E-state index is 11.4. The summed E-state index contributed by atoms with van der Waals surface area (Å²) in [6.07, 6.45) is 1.93. The lowest BCUT2D eigenvalue weighted by Gasteiger charge is -2.09. The molecule has 14 heavy (non-hydrogen) atoms. The summed E-state index contributed by atoms with van der Waals surface area (Å²) in [6, 6.07) is 1.20. The molecule has 1 heterocycles. The summed E-state index contributed by atoms with van der Waals surface area (Å²) >= 11 is 7.11. The summed E-state index contributed by atoms with van der Waals surface area (Å²) in [5.41, 5.74) is -0.817. The second kappa shape index (κ2) is 4.70. The van der Waals surface area contributed by atoms with E-state index in [0.717, 1.165) is 4.57 Å². The smallest absolute Gasteiger partial charge is 0.298 e. The zero-order valence-electron chi connectivity index (χ0n) is 7.91. The highest BCUT2D eigenvalue weighted by Gasteiger charge is 2.06. The number of H-pyrrole nitrogens is 1. The van der Waals surface area contributed by atoms with E-state index in [2.05, 4.69) is 4.98 Å². The van der Waals surface area contributed by atoms with Crippen molar-refractivity contribution in [3.63, 3.8) is 0 Å². The fraction of sp³-hybridized carbons (Fsp3) is 0.500. The molecular weight excluding hydrogens is 224 g/mol. The van der Waals surface area contributed by atoms with E-state index in [1.807, 2.05) is 13.2 Å². The topological polar surface area (TPSA) is 54.9 Å². The molecule has 0 aliphatic rings. The van der Waals surface area contributed by atoms with Crippen molar-refractivity contribution < 1.29 is 0 Å². The van der Waals surface area contributed by atoms with Crippen LogP contribution >= 0.6 is 23.4 Å². The molecule has 0 spiro atoms. The van der Waals surface area contributed by atoms with Crippen LogP contribution in [-0.2, 0) is 6.54 Å². The zero-order valence-corrected chi connectivity index (χ0v) is 9.48. The number of rotatable bonds is 3. The average Bonchev–Trinajstić information content (AvgIpc) is 2.10. The van der Waals surface area contributed by atoms with Crippen LogP contribution in [0, 0.1) is 0 Å². The third-order valence-electron chi connectivity index (χ3n) is 1.83. The number of halogens is 1. The largest absolute Gasteiger partial charge is 0.329 e. The third kappa shape index (κ3) is 2.65. The number of nitrogens with one attached hydrogen (secondary N) is 1. The van der Waals surface area contributed by atoms with Crippen molar-refractivity contribution in [1.82, 2.24) is 9.55 Å². The van der Waals surface area contributed by atoms with Crippen molar-refractivity contribution in [3.8, 4) is 0 Å². The molecule has 1 aromatic heterocycles. The maximum absolute atomic E-state index is 11.4. The van der Waals surface area contributed by atoms with Crippen LogP contribution in [0.5, 0.6) is 0 Å². The van der Waals surface area contributed by atoms with Crippen molar-refractivity contribution in [2.24, 2.45) is 0 Å². The van der Waals surface area contributed by atoms with Gasteiger partial charge in [0, 0.05) is 17.9 Å². The monoisotopic (exact) mass is 234 g/mol. The van der Waals surface area contributed by atoms with Gasteiger partial charge in [-0.1, -0.05) is 18.5 Å². The minimum absolute atomic E-state index is 0.0769. The molecule has 78 valence electrons. The predicted molar refractivity (Wildman–Crippen MR) is 59.3 cm³/mol. The van der Waals surface area contributed by atoms with Crippen molar-refractivity contribution in [2.75, 3.05) is 6.26 Å². The van der Waals surface area contributed by atoms with Crippen molar-refractivity contribution in [3.05, 3.63) is 32.1 Å². The van der Waals surface area contributed by atoms with Gasteiger partial charge in [-0.3, -0.25) is 14.3 Å². The number of aromatic amines is 1. The lowest BCUT2D eigenvalue weighted by Crippen LogP contribution is -2.36. The van der Waals surface area contributed by atoms with Gasteiger partial charge >= 0.3 is 5.69 Å². The van der Waals surface area contributed by atoms with E-state index in [0.29, 0.717) is 6.54 Å². The van der Waals surface area contributed by atoms with E-state index in [1.54, 1.807) is 11.8 Å². The van der Waals surface area contributed by atoms with Crippen LogP contribution in [0.1, 0.15) is 6.92 Å². The van der Waals surface area contributed by atoms with Crippen molar-refractivity contribution in [2.45, 2.75) is 18.7 Å².